The largest absolute Gasteiger partial charge is 0.388 e. The molecule has 0 aliphatic carbocycles. The predicted octanol–water partition coefficient (Wildman–Crippen LogP) is 8.78. The molecule has 1 amide bonds. The van der Waals surface area contributed by atoms with Crippen LogP contribution in [0.15, 0.2) is 36.9 Å². The summed E-state index contributed by atoms with van der Waals surface area (Å²) in [5.74, 6) is 0.250. The van der Waals surface area contributed by atoms with Gasteiger partial charge in [-0.1, -0.05) is 54.2 Å². The maximum absolute atomic E-state index is 12.5. The van der Waals surface area contributed by atoms with Crippen LogP contribution in [0.3, 0.4) is 0 Å². The van der Waals surface area contributed by atoms with Crippen molar-refractivity contribution in [3.05, 3.63) is 70.3 Å². The van der Waals surface area contributed by atoms with Gasteiger partial charge in [0.15, 0.2) is 5.78 Å². The zero-order valence-corrected chi connectivity index (χ0v) is 27.3. The number of hydrogen-bond donors (Lipinski definition) is 1. The number of ether oxygens (including phenoxy) is 1. The maximum Gasteiger partial charge on any atom is 0.253 e. The quantitative estimate of drug-likeness (QED) is 0.252. The highest BCUT2D eigenvalue weighted by Gasteiger charge is 2.15. The number of carbonyl (C=O) groups is 2. The summed E-state index contributed by atoms with van der Waals surface area (Å²) in [7, 11) is 1.86. The van der Waals surface area contributed by atoms with Crippen LogP contribution < -0.4 is 5.32 Å². The van der Waals surface area contributed by atoms with Gasteiger partial charge >= 0.3 is 0 Å². The Morgan fingerprint density at radius 1 is 0.925 bits per heavy atom. The zero-order valence-electron chi connectivity index (χ0n) is 27.3. The van der Waals surface area contributed by atoms with Crippen LogP contribution in [0.2, 0.25) is 0 Å². The van der Waals surface area contributed by atoms with Crippen molar-refractivity contribution in [2.75, 3.05) is 32.1 Å². The molecule has 0 heterocycles. The molecular formula is C35H56N2O3. The normalized spacial score (nSPS) is 10.2. The molecule has 0 aliphatic heterocycles. The van der Waals surface area contributed by atoms with E-state index in [0.717, 1.165) is 72.3 Å². The number of Topliss-reactive ketones (excluding diaryl/α,β-unsaturated/α-hetero) is 1. The molecule has 0 atom stereocenters. The van der Waals surface area contributed by atoms with Gasteiger partial charge in [-0.3, -0.25) is 9.59 Å². The van der Waals surface area contributed by atoms with E-state index in [4.69, 9.17) is 4.74 Å². The van der Waals surface area contributed by atoms with E-state index in [1.165, 1.54) is 11.1 Å². The third kappa shape index (κ3) is 11.7. The van der Waals surface area contributed by atoms with Gasteiger partial charge < -0.3 is 15.0 Å². The van der Waals surface area contributed by atoms with Gasteiger partial charge in [0, 0.05) is 42.5 Å². The van der Waals surface area contributed by atoms with Gasteiger partial charge in [-0.15, -0.1) is 0 Å². The van der Waals surface area contributed by atoms with E-state index in [-0.39, 0.29) is 17.8 Å². The van der Waals surface area contributed by atoms with E-state index >= 15 is 0 Å². The first-order chi connectivity index (χ1) is 19.0. The fourth-order valence-corrected chi connectivity index (χ4v) is 4.40. The van der Waals surface area contributed by atoms with Crippen LogP contribution in [-0.2, 0) is 17.6 Å². The number of ketones is 1. The molecule has 0 aliphatic rings. The smallest absolute Gasteiger partial charge is 0.253 e. The van der Waals surface area contributed by atoms with Crippen molar-refractivity contribution in [1.29, 1.82) is 0 Å². The minimum atomic E-state index is 0.0685. The average molecular weight is 553 g/mol. The van der Waals surface area contributed by atoms with Gasteiger partial charge in [0.25, 0.3) is 5.91 Å². The predicted molar refractivity (Wildman–Crippen MR) is 174 cm³/mol. The number of rotatable bonds is 13. The van der Waals surface area contributed by atoms with Crippen molar-refractivity contribution >= 4 is 23.0 Å². The van der Waals surface area contributed by atoms with Gasteiger partial charge in [-0.05, 0) is 99.9 Å². The summed E-state index contributed by atoms with van der Waals surface area (Å²) in [6, 6.07) is 10.1. The lowest BCUT2D eigenvalue weighted by Crippen LogP contribution is -2.32. The summed E-state index contributed by atoms with van der Waals surface area (Å²) in [5.41, 5.74) is 8.01. The Bertz CT molecular complexity index is 1070. The molecule has 0 aromatic heterocycles. The molecule has 2 rings (SSSR count). The van der Waals surface area contributed by atoms with E-state index in [1.807, 2.05) is 64.8 Å². The van der Waals surface area contributed by atoms with Gasteiger partial charge in [0.2, 0.25) is 0 Å². The maximum atomic E-state index is 12.5. The van der Waals surface area contributed by atoms with Crippen LogP contribution in [0, 0.1) is 6.92 Å². The van der Waals surface area contributed by atoms with Crippen LogP contribution in [0.5, 0.6) is 0 Å². The molecule has 0 saturated heterocycles. The fourth-order valence-electron chi connectivity index (χ4n) is 4.40. The highest BCUT2D eigenvalue weighted by molar-refractivity contribution is 5.97. The first-order valence-corrected chi connectivity index (χ1v) is 15.1. The van der Waals surface area contributed by atoms with Gasteiger partial charge in [-0.2, -0.15) is 0 Å². The number of aryl methyl sites for hydroxylation is 3. The first-order valence-electron chi connectivity index (χ1n) is 15.1. The summed E-state index contributed by atoms with van der Waals surface area (Å²) in [4.78, 5) is 26.1. The number of amides is 1. The molecule has 1 N–H and O–H groups in total. The van der Waals surface area contributed by atoms with Crippen molar-refractivity contribution in [2.24, 2.45) is 0 Å². The highest BCUT2D eigenvalue weighted by atomic mass is 16.5. The minimum absolute atomic E-state index is 0.0685. The van der Waals surface area contributed by atoms with E-state index in [1.54, 1.807) is 6.92 Å². The second-order valence-electron chi connectivity index (χ2n) is 9.97. The number of nitrogens with zero attached hydrogens (tertiary/aromatic N) is 1. The summed E-state index contributed by atoms with van der Waals surface area (Å²) in [5, 5.41) is 3.14. The Morgan fingerprint density at radius 3 is 1.95 bits per heavy atom. The molecule has 0 bridgehead atoms. The van der Waals surface area contributed by atoms with Crippen molar-refractivity contribution in [2.45, 2.75) is 101 Å². The molecule has 0 radical (unpaired) electrons. The second kappa shape index (κ2) is 20.0. The Labute approximate surface area is 245 Å². The van der Waals surface area contributed by atoms with Crippen molar-refractivity contribution in [3.8, 4) is 0 Å². The van der Waals surface area contributed by atoms with Crippen molar-refractivity contribution < 1.29 is 14.3 Å². The molecule has 2 aromatic carbocycles. The number of hydrogen-bond acceptors (Lipinski definition) is 4. The third-order valence-electron chi connectivity index (χ3n) is 6.47. The van der Waals surface area contributed by atoms with Crippen LogP contribution in [0.25, 0.3) is 5.57 Å². The van der Waals surface area contributed by atoms with Gasteiger partial charge in [0.05, 0.1) is 12.7 Å². The third-order valence-corrected chi connectivity index (χ3v) is 6.47. The molecule has 0 spiro atoms. The van der Waals surface area contributed by atoms with E-state index in [2.05, 4.69) is 51.7 Å². The van der Waals surface area contributed by atoms with Gasteiger partial charge in [-0.25, -0.2) is 0 Å². The number of benzene rings is 2. The van der Waals surface area contributed by atoms with Crippen LogP contribution in [0.1, 0.15) is 118 Å². The molecule has 224 valence electrons. The standard InChI is InChI=1S/C17H27NO.C16H23NO2.C2H6/c1-5-11-18(12-6-2)17(19)16-10-9-14(7-3)15(8-4)13-16;1-10(2)19-9-12(4)15-8-14(13(5)18)11(3)7-16(15)17-6;1-2/h9-10,13H,5-8,11-12H2,1-4H3;7-8,10,17H,4,9H2,1-3,5-6H3;1-2H3. The number of nitrogens with one attached hydrogen (secondary N) is 1. The summed E-state index contributed by atoms with van der Waals surface area (Å²) >= 11 is 0. The van der Waals surface area contributed by atoms with Crippen molar-refractivity contribution in [3.63, 3.8) is 0 Å². The molecule has 0 unspecified atom stereocenters. The summed E-state index contributed by atoms with van der Waals surface area (Å²) < 4.78 is 5.58. The molecule has 40 heavy (non-hydrogen) atoms. The second-order valence-corrected chi connectivity index (χ2v) is 9.97. The monoisotopic (exact) mass is 552 g/mol. The summed E-state index contributed by atoms with van der Waals surface area (Å²) in [6.07, 6.45) is 4.21. The Balaban J connectivity index is 0.000000716. The number of anilines is 1. The lowest BCUT2D eigenvalue weighted by atomic mass is 9.96. The van der Waals surface area contributed by atoms with Crippen molar-refractivity contribution in [1.82, 2.24) is 4.90 Å². The Kier molecular flexibility index (Phi) is 18.6. The first kappa shape index (κ1) is 37.1. The van der Waals surface area contributed by atoms with E-state index in [9.17, 15) is 9.59 Å². The molecule has 5 nitrogen and oxygen atoms in total. The Morgan fingerprint density at radius 2 is 1.50 bits per heavy atom. The molecule has 0 fully saturated rings. The van der Waals surface area contributed by atoms with E-state index in [0.29, 0.717) is 6.61 Å². The fraction of sp³-hybridized carbons (Fsp3) is 0.543. The summed E-state index contributed by atoms with van der Waals surface area (Å²) in [6.45, 7) is 26.3. The lowest BCUT2D eigenvalue weighted by Gasteiger charge is -2.22. The highest BCUT2D eigenvalue weighted by Crippen LogP contribution is 2.27. The van der Waals surface area contributed by atoms with Crippen LogP contribution in [-0.4, -0.2) is 49.4 Å². The van der Waals surface area contributed by atoms with Crippen LogP contribution >= 0.6 is 0 Å². The number of carbonyl (C=O) groups excluding carboxylic acids is 2. The zero-order chi connectivity index (χ0) is 30.8. The minimum Gasteiger partial charge on any atom is -0.388 e. The van der Waals surface area contributed by atoms with Crippen LogP contribution in [0.4, 0.5) is 5.69 Å². The molecular weight excluding hydrogens is 496 g/mol. The van der Waals surface area contributed by atoms with Gasteiger partial charge in [0.1, 0.15) is 0 Å². The molecule has 2 aromatic rings. The SMILES string of the molecule is C=C(COC(C)C)c1cc(C(C)=O)c(C)cc1NC.CC.CCCN(CCC)C(=O)c1ccc(CC)c(CC)c1. The molecule has 5 heteroatoms. The topological polar surface area (TPSA) is 58.6 Å². The molecule has 0 saturated carbocycles. The lowest BCUT2D eigenvalue weighted by molar-refractivity contribution is 0.0755. The average Bonchev–Trinajstić information content (AvgIpc) is 2.95. The van der Waals surface area contributed by atoms with E-state index < -0.39 is 0 Å². The Hall–Kier alpha value is -2.92.